The Bertz CT molecular complexity index is 898. The molecule has 156 valence electrons. The Kier molecular flexibility index (Phi) is 6.32. The Morgan fingerprint density at radius 3 is 2.69 bits per heavy atom. The second-order valence-electron chi connectivity index (χ2n) is 7.70. The first-order chi connectivity index (χ1) is 13.8. The van der Waals surface area contributed by atoms with E-state index >= 15 is 0 Å². The first kappa shape index (κ1) is 21.0. The quantitative estimate of drug-likeness (QED) is 0.715. The first-order valence-corrected chi connectivity index (χ1v) is 9.86. The predicted molar refractivity (Wildman–Crippen MR) is 106 cm³/mol. The molecule has 1 aliphatic rings. The summed E-state index contributed by atoms with van der Waals surface area (Å²) in [4.78, 5) is 25.1. The molecule has 2 aromatic rings. The summed E-state index contributed by atoms with van der Waals surface area (Å²) in [5, 5.41) is 19.7. The van der Waals surface area contributed by atoms with E-state index in [-0.39, 0.29) is 41.2 Å². The number of carbonyl (C=O) groups excluding carboxylic acids is 2. The second kappa shape index (κ2) is 8.73. The van der Waals surface area contributed by atoms with Gasteiger partial charge in [-0.2, -0.15) is 5.10 Å². The fraction of sp³-hybridized carbons (Fsp3) is 0.476. The molecule has 0 unspecified atom stereocenters. The third kappa shape index (κ3) is 4.64. The fourth-order valence-corrected chi connectivity index (χ4v) is 3.78. The molecule has 8 heteroatoms. The van der Waals surface area contributed by atoms with Gasteiger partial charge < -0.3 is 15.7 Å². The molecule has 2 amide bonds. The number of halogens is 1. The molecule has 0 radical (unpaired) electrons. The molecule has 0 bridgehead atoms. The maximum absolute atomic E-state index is 13.7. The van der Waals surface area contributed by atoms with Crippen LogP contribution in [0.4, 0.5) is 4.39 Å². The smallest absolute Gasteiger partial charge is 0.271 e. The molecule has 1 heterocycles. The lowest BCUT2D eigenvalue weighted by atomic mass is 9.84. The molecule has 1 fully saturated rings. The molecule has 0 spiro atoms. The fourth-order valence-electron chi connectivity index (χ4n) is 3.78. The summed E-state index contributed by atoms with van der Waals surface area (Å²) in [5.74, 6) is -1.02. The van der Waals surface area contributed by atoms with E-state index in [1.165, 1.54) is 29.9 Å². The summed E-state index contributed by atoms with van der Waals surface area (Å²) in [7, 11) is 1.49. The highest BCUT2D eigenvalue weighted by molar-refractivity contribution is 5.98. The summed E-state index contributed by atoms with van der Waals surface area (Å²) in [6, 6.07) is 7.03. The van der Waals surface area contributed by atoms with Gasteiger partial charge in [-0.1, -0.05) is 19.1 Å². The van der Waals surface area contributed by atoms with Crippen LogP contribution in [0.3, 0.4) is 0 Å². The van der Waals surface area contributed by atoms with Crippen molar-refractivity contribution < 1.29 is 19.1 Å². The minimum atomic E-state index is -0.447. The molecule has 0 saturated heterocycles. The van der Waals surface area contributed by atoms with Crippen molar-refractivity contribution in [2.24, 2.45) is 5.92 Å². The van der Waals surface area contributed by atoms with Gasteiger partial charge in [0.1, 0.15) is 11.5 Å². The number of rotatable bonds is 5. The standard InChI is InChI=1S/C21H27FN4O3/c1-12-9-16(7-8-19(12)27)24-21(29)18-11-17(20(28)23-3)25-26(18)13(2)14-5-4-6-15(22)10-14/h4-6,10-13,16,19,27H,7-9H2,1-3H3,(H,23,28)(H,24,29)/t12-,13-,16-,19-/m0/s1. The number of aromatic nitrogens is 2. The van der Waals surface area contributed by atoms with Crippen molar-refractivity contribution in [3.63, 3.8) is 0 Å². The molecular formula is C21H27FN4O3. The maximum atomic E-state index is 13.7. The third-order valence-corrected chi connectivity index (χ3v) is 5.59. The van der Waals surface area contributed by atoms with E-state index in [0.717, 1.165) is 0 Å². The van der Waals surface area contributed by atoms with Crippen LogP contribution in [0.5, 0.6) is 0 Å². The van der Waals surface area contributed by atoms with Gasteiger partial charge in [0, 0.05) is 19.2 Å². The van der Waals surface area contributed by atoms with Gasteiger partial charge in [0.15, 0.2) is 5.69 Å². The zero-order chi connectivity index (χ0) is 21.1. The van der Waals surface area contributed by atoms with Gasteiger partial charge in [0.05, 0.1) is 12.1 Å². The molecule has 3 N–H and O–H groups in total. The van der Waals surface area contributed by atoms with E-state index < -0.39 is 11.9 Å². The molecule has 1 aromatic carbocycles. The van der Waals surface area contributed by atoms with Crippen molar-refractivity contribution in [2.75, 3.05) is 7.05 Å². The van der Waals surface area contributed by atoms with Gasteiger partial charge in [0.25, 0.3) is 11.8 Å². The monoisotopic (exact) mass is 402 g/mol. The Morgan fingerprint density at radius 1 is 1.28 bits per heavy atom. The van der Waals surface area contributed by atoms with Gasteiger partial charge in [-0.15, -0.1) is 0 Å². The number of nitrogens with zero attached hydrogens (tertiary/aromatic N) is 2. The number of carbonyl (C=O) groups is 2. The summed E-state index contributed by atoms with van der Waals surface area (Å²) in [6.07, 6.45) is 1.66. The molecule has 7 nitrogen and oxygen atoms in total. The molecule has 29 heavy (non-hydrogen) atoms. The largest absolute Gasteiger partial charge is 0.393 e. The van der Waals surface area contributed by atoms with E-state index in [0.29, 0.717) is 24.8 Å². The summed E-state index contributed by atoms with van der Waals surface area (Å²) in [6.45, 7) is 3.76. The summed E-state index contributed by atoms with van der Waals surface area (Å²) < 4.78 is 15.1. The van der Waals surface area contributed by atoms with Crippen LogP contribution < -0.4 is 10.6 Å². The molecule has 0 aliphatic heterocycles. The Morgan fingerprint density at radius 2 is 2.03 bits per heavy atom. The van der Waals surface area contributed by atoms with Gasteiger partial charge in [-0.05, 0) is 49.8 Å². The van der Waals surface area contributed by atoms with Crippen molar-refractivity contribution in [3.05, 3.63) is 53.1 Å². The van der Waals surface area contributed by atoms with Gasteiger partial charge in [-0.25, -0.2) is 4.39 Å². The average molecular weight is 402 g/mol. The second-order valence-corrected chi connectivity index (χ2v) is 7.70. The van der Waals surface area contributed by atoms with Crippen LogP contribution in [-0.4, -0.2) is 45.9 Å². The molecule has 3 rings (SSSR count). The number of amides is 2. The lowest BCUT2D eigenvalue weighted by Crippen LogP contribution is -2.42. The molecule has 1 saturated carbocycles. The molecule has 1 aliphatic carbocycles. The summed E-state index contributed by atoms with van der Waals surface area (Å²) in [5.41, 5.74) is 0.993. The number of nitrogens with one attached hydrogen (secondary N) is 2. The number of aliphatic hydroxyl groups is 1. The lowest BCUT2D eigenvalue weighted by Gasteiger charge is -2.31. The summed E-state index contributed by atoms with van der Waals surface area (Å²) >= 11 is 0. The highest BCUT2D eigenvalue weighted by Gasteiger charge is 2.29. The Labute approximate surface area is 169 Å². The number of aliphatic hydroxyl groups excluding tert-OH is 1. The SMILES string of the molecule is CNC(=O)c1cc(C(=O)N[C@H]2CC[C@H](O)[C@@H](C)C2)n([C@@H](C)c2cccc(F)c2)n1. The normalized spacial score (nSPS) is 22.7. The van der Waals surface area contributed by atoms with Gasteiger partial charge >= 0.3 is 0 Å². The molecule has 4 atom stereocenters. The highest BCUT2D eigenvalue weighted by atomic mass is 19.1. The van der Waals surface area contributed by atoms with Crippen LogP contribution in [0.15, 0.2) is 30.3 Å². The van der Waals surface area contributed by atoms with E-state index in [1.54, 1.807) is 19.1 Å². The van der Waals surface area contributed by atoms with Crippen LogP contribution in [-0.2, 0) is 0 Å². The first-order valence-electron chi connectivity index (χ1n) is 9.86. The highest BCUT2D eigenvalue weighted by Crippen LogP contribution is 2.25. The van der Waals surface area contributed by atoms with Gasteiger partial charge in [-0.3, -0.25) is 14.3 Å². The molecular weight excluding hydrogens is 375 g/mol. The van der Waals surface area contributed by atoms with Crippen molar-refractivity contribution in [1.29, 1.82) is 0 Å². The van der Waals surface area contributed by atoms with Crippen molar-refractivity contribution in [2.45, 2.75) is 51.3 Å². The van der Waals surface area contributed by atoms with Crippen molar-refractivity contribution in [3.8, 4) is 0 Å². The number of hydrogen-bond acceptors (Lipinski definition) is 4. The third-order valence-electron chi connectivity index (χ3n) is 5.59. The van der Waals surface area contributed by atoms with Crippen LogP contribution in [0.25, 0.3) is 0 Å². The predicted octanol–water partition coefficient (Wildman–Crippen LogP) is 2.27. The Balaban J connectivity index is 1.89. The van der Waals surface area contributed by atoms with Crippen molar-refractivity contribution in [1.82, 2.24) is 20.4 Å². The van der Waals surface area contributed by atoms with Crippen LogP contribution in [0.1, 0.15) is 65.7 Å². The minimum Gasteiger partial charge on any atom is -0.393 e. The van der Waals surface area contributed by atoms with Gasteiger partial charge in [0.2, 0.25) is 0 Å². The van der Waals surface area contributed by atoms with E-state index in [4.69, 9.17) is 0 Å². The lowest BCUT2D eigenvalue weighted by molar-refractivity contribution is 0.0612. The molecule has 1 aromatic heterocycles. The van der Waals surface area contributed by atoms with Crippen LogP contribution >= 0.6 is 0 Å². The van der Waals surface area contributed by atoms with E-state index in [1.807, 2.05) is 6.92 Å². The number of benzene rings is 1. The average Bonchev–Trinajstić information content (AvgIpc) is 3.15. The zero-order valence-electron chi connectivity index (χ0n) is 16.9. The number of hydrogen-bond donors (Lipinski definition) is 3. The van der Waals surface area contributed by atoms with E-state index in [9.17, 15) is 19.1 Å². The van der Waals surface area contributed by atoms with Crippen molar-refractivity contribution >= 4 is 11.8 Å². The topological polar surface area (TPSA) is 96.3 Å². The zero-order valence-corrected chi connectivity index (χ0v) is 16.9. The van der Waals surface area contributed by atoms with Crippen LogP contribution in [0.2, 0.25) is 0 Å². The van der Waals surface area contributed by atoms with E-state index in [2.05, 4.69) is 15.7 Å². The van der Waals surface area contributed by atoms with Crippen LogP contribution in [0, 0.1) is 11.7 Å². The maximum Gasteiger partial charge on any atom is 0.271 e. The minimum absolute atomic E-state index is 0.0582. The Hall–Kier alpha value is -2.74.